The molecule has 0 aliphatic carbocycles. The molecule has 0 radical (unpaired) electrons. The number of rotatable bonds is 9. The second-order valence-electron chi connectivity index (χ2n) is 7.82. The lowest BCUT2D eigenvalue weighted by Crippen LogP contribution is -2.08. The predicted octanol–water partition coefficient (Wildman–Crippen LogP) is 4.49. The van der Waals surface area contributed by atoms with Crippen LogP contribution >= 0.6 is 0 Å². The summed E-state index contributed by atoms with van der Waals surface area (Å²) in [5.74, 6) is 1.02. The average molecular weight is 393 g/mol. The number of Topliss-reactive ketones (excluding diaryl/α,β-unsaturated/α-hetero) is 1. The van der Waals surface area contributed by atoms with Crippen molar-refractivity contribution in [1.29, 1.82) is 0 Å². The number of benzene rings is 2. The van der Waals surface area contributed by atoms with E-state index in [-0.39, 0.29) is 12.4 Å². The van der Waals surface area contributed by atoms with Gasteiger partial charge in [-0.2, -0.15) is 0 Å². The van der Waals surface area contributed by atoms with Gasteiger partial charge < -0.3 is 14.4 Å². The Labute approximate surface area is 170 Å². The van der Waals surface area contributed by atoms with Gasteiger partial charge in [0.25, 0.3) is 0 Å². The first-order chi connectivity index (χ1) is 14.2. The quantitative estimate of drug-likeness (QED) is 0.542. The zero-order valence-electron chi connectivity index (χ0n) is 16.6. The molecule has 1 saturated heterocycles. The zero-order valence-corrected chi connectivity index (χ0v) is 16.6. The van der Waals surface area contributed by atoms with Gasteiger partial charge in [0.1, 0.15) is 5.76 Å². The summed E-state index contributed by atoms with van der Waals surface area (Å²) >= 11 is 0. The first kappa shape index (κ1) is 19.8. The molecule has 1 unspecified atom stereocenters. The van der Waals surface area contributed by atoms with Gasteiger partial charge >= 0.3 is 0 Å². The van der Waals surface area contributed by atoms with Crippen LogP contribution < -0.4 is 0 Å². The van der Waals surface area contributed by atoms with Crippen LogP contribution in [0.2, 0.25) is 0 Å². The number of aliphatic hydroxyl groups is 1. The van der Waals surface area contributed by atoms with Crippen LogP contribution in [0.4, 0.5) is 0 Å². The minimum Gasteiger partial charge on any atom is -0.391 e. The van der Waals surface area contributed by atoms with E-state index < -0.39 is 0 Å². The number of carbonyl (C=O) groups is 1. The van der Waals surface area contributed by atoms with E-state index in [0.29, 0.717) is 35.8 Å². The average Bonchev–Trinajstić information content (AvgIpc) is 3.41. The Balaban J connectivity index is 1.35. The minimum absolute atomic E-state index is 0.0505. The largest absolute Gasteiger partial charge is 0.391 e. The van der Waals surface area contributed by atoms with E-state index in [2.05, 4.69) is 35.5 Å². The van der Waals surface area contributed by atoms with Gasteiger partial charge in [-0.05, 0) is 47.9 Å². The Morgan fingerprint density at radius 3 is 2.79 bits per heavy atom. The molecule has 2 heterocycles. The normalized spacial score (nSPS) is 16.5. The molecule has 1 atom stereocenters. The molecule has 1 aromatic heterocycles. The molecule has 0 spiro atoms. The van der Waals surface area contributed by atoms with Crippen LogP contribution in [0.15, 0.2) is 47.0 Å². The molecule has 152 valence electrons. The smallest absolute Gasteiger partial charge is 0.185 e. The van der Waals surface area contributed by atoms with E-state index in [4.69, 9.17) is 9.26 Å². The number of ether oxygens (including phenoxy) is 1. The van der Waals surface area contributed by atoms with Gasteiger partial charge in [0.05, 0.1) is 12.2 Å². The summed E-state index contributed by atoms with van der Waals surface area (Å²) in [7, 11) is 0. The molecule has 5 nitrogen and oxygen atoms in total. The SMILES string of the molecule is O=C(CCC1CCOC1)c1noc(CCCc2ccc3ccccc3c2)c1CO. The Morgan fingerprint density at radius 1 is 1.14 bits per heavy atom. The number of aryl methyl sites for hydroxylation is 2. The highest BCUT2D eigenvalue weighted by Gasteiger charge is 2.23. The number of aliphatic hydroxyl groups excluding tert-OH is 1. The summed E-state index contributed by atoms with van der Waals surface area (Å²) in [6.45, 7) is 1.30. The molecule has 0 saturated carbocycles. The fraction of sp³-hybridized carbons (Fsp3) is 0.417. The number of aromatic nitrogens is 1. The van der Waals surface area contributed by atoms with Crippen molar-refractivity contribution >= 4 is 16.6 Å². The van der Waals surface area contributed by atoms with E-state index in [0.717, 1.165) is 38.9 Å². The van der Waals surface area contributed by atoms with Crippen LogP contribution in [-0.4, -0.2) is 29.3 Å². The number of nitrogens with zero attached hydrogens (tertiary/aromatic N) is 1. The van der Waals surface area contributed by atoms with E-state index in [1.165, 1.54) is 16.3 Å². The molecule has 0 bridgehead atoms. The topological polar surface area (TPSA) is 72.6 Å². The summed E-state index contributed by atoms with van der Waals surface area (Å²) in [6, 6.07) is 14.8. The van der Waals surface area contributed by atoms with Crippen LogP contribution in [-0.2, 0) is 24.2 Å². The summed E-state index contributed by atoms with van der Waals surface area (Å²) in [5, 5.41) is 16.2. The van der Waals surface area contributed by atoms with E-state index in [1.807, 2.05) is 12.1 Å². The zero-order chi connectivity index (χ0) is 20.1. The molecule has 1 N–H and O–H groups in total. The second-order valence-corrected chi connectivity index (χ2v) is 7.82. The minimum atomic E-state index is -0.220. The van der Waals surface area contributed by atoms with Crippen molar-refractivity contribution in [2.24, 2.45) is 5.92 Å². The number of ketones is 1. The van der Waals surface area contributed by atoms with E-state index >= 15 is 0 Å². The summed E-state index contributed by atoms with van der Waals surface area (Å²) in [5.41, 5.74) is 2.12. The third-order valence-electron chi connectivity index (χ3n) is 5.78. The molecular formula is C24H27NO4. The molecule has 3 aromatic rings. The lowest BCUT2D eigenvalue weighted by molar-refractivity contribution is 0.0960. The van der Waals surface area contributed by atoms with Gasteiger partial charge in [0.15, 0.2) is 11.5 Å². The van der Waals surface area contributed by atoms with Crippen molar-refractivity contribution in [3.63, 3.8) is 0 Å². The lowest BCUT2D eigenvalue weighted by atomic mass is 9.98. The van der Waals surface area contributed by atoms with Gasteiger partial charge in [-0.3, -0.25) is 4.79 Å². The van der Waals surface area contributed by atoms with Crippen molar-refractivity contribution in [1.82, 2.24) is 5.16 Å². The molecule has 29 heavy (non-hydrogen) atoms. The summed E-state index contributed by atoms with van der Waals surface area (Å²) < 4.78 is 10.8. The van der Waals surface area contributed by atoms with E-state index in [1.54, 1.807) is 0 Å². The van der Waals surface area contributed by atoms with E-state index in [9.17, 15) is 9.90 Å². The number of fused-ring (bicyclic) bond motifs is 1. The molecule has 2 aromatic carbocycles. The molecule has 1 fully saturated rings. The van der Waals surface area contributed by atoms with Crippen molar-refractivity contribution in [3.05, 3.63) is 65.0 Å². The first-order valence-corrected chi connectivity index (χ1v) is 10.4. The van der Waals surface area contributed by atoms with Crippen molar-refractivity contribution < 1.29 is 19.2 Å². The van der Waals surface area contributed by atoms with Crippen molar-refractivity contribution in [2.75, 3.05) is 13.2 Å². The lowest BCUT2D eigenvalue weighted by Gasteiger charge is -2.06. The molecule has 1 aliphatic rings. The van der Waals surface area contributed by atoms with Crippen LogP contribution in [0.5, 0.6) is 0 Å². The Kier molecular flexibility index (Phi) is 6.37. The van der Waals surface area contributed by atoms with Gasteiger partial charge in [0, 0.05) is 26.1 Å². The highest BCUT2D eigenvalue weighted by atomic mass is 16.5. The van der Waals surface area contributed by atoms with Crippen LogP contribution in [0.25, 0.3) is 10.8 Å². The summed E-state index contributed by atoms with van der Waals surface area (Å²) in [4.78, 5) is 12.5. The molecule has 1 aliphatic heterocycles. The van der Waals surface area contributed by atoms with Gasteiger partial charge in [0.2, 0.25) is 0 Å². The Bertz CT molecular complexity index is 972. The maximum Gasteiger partial charge on any atom is 0.185 e. The Morgan fingerprint density at radius 2 is 2.00 bits per heavy atom. The molecule has 0 amide bonds. The van der Waals surface area contributed by atoms with Crippen LogP contribution in [0.3, 0.4) is 0 Å². The van der Waals surface area contributed by atoms with Crippen LogP contribution in [0.1, 0.15) is 53.1 Å². The number of carbonyl (C=O) groups excluding carboxylic acids is 1. The fourth-order valence-corrected chi connectivity index (χ4v) is 4.03. The fourth-order valence-electron chi connectivity index (χ4n) is 4.03. The first-order valence-electron chi connectivity index (χ1n) is 10.4. The molecule has 4 rings (SSSR count). The number of hydrogen-bond acceptors (Lipinski definition) is 5. The maximum absolute atomic E-state index is 12.5. The van der Waals surface area contributed by atoms with Crippen molar-refractivity contribution in [2.45, 2.75) is 45.1 Å². The predicted molar refractivity (Wildman–Crippen MR) is 111 cm³/mol. The molecule has 5 heteroatoms. The highest BCUT2D eigenvalue weighted by molar-refractivity contribution is 5.95. The monoisotopic (exact) mass is 393 g/mol. The third-order valence-corrected chi connectivity index (χ3v) is 5.78. The molecular weight excluding hydrogens is 366 g/mol. The van der Waals surface area contributed by atoms with Gasteiger partial charge in [-0.1, -0.05) is 47.6 Å². The highest BCUT2D eigenvalue weighted by Crippen LogP contribution is 2.23. The Hall–Kier alpha value is -2.50. The third kappa shape index (κ3) is 4.74. The second kappa shape index (κ2) is 9.33. The number of hydrogen-bond donors (Lipinski definition) is 1. The standard InChI is InChI=1S/C24H27NO4/c26-15-21-23(29-25-24(21)22(27)11-9-18-12-13-28-16-18)7-3-4-17-8-10-19-5-1-2-6-20(19)14-17/h1-2,5-6,8,10,14,18,26H,3-4,7,9,11-13,15-16H2. The van der Waals surface area contributed by atoms with Gasteiger partial charge in [-0.15, -0.1) is 0 Å². The van der Waals surface area contributed by atoms with Crippen molar-refractivity contribution in [3.8, 4) is 0 Å². The summed E-state index contributed by atoms with van der Waals surface area (Å²) in [6.07, 6.45) is 4.66. The van der Waals surface area contributed by atoms with Gasteiger partial charge in [-0.25, -0.2) is 0 Å². The van der Waals surface area contributed by atoms with Crippen LogP contribution in [0, 0.1) is 5.92 Å². The maximum atomic E-state index is 12.5.